The average Bonchev–Trinajstić information content (AvgIpc) is 3.17. The third-order valence-electron chi connectivity index (χ3n) is 8.37. The third kappa shape index (κ3) is 7.92. The minimum absolute atomic E-state index is 0.0117. The molecule has 252 valence electrons. The molecule has 0 unspecified atom stereocenters. The zero-order valence-electron chi connectivity index (χ0n) is 28.4. The van der Waals surface area contributed by atoms with Crippen LogP contribution in [0.5, 0.6) is 28.7 Å². The lowest BCUT2D eigenvalue weighted by Crippen LogP contribution is -2.34. The molecule has 3 atom stereocenters. The molecule has 1 aliphatic heterocycles. The first-order chi connectivity index (χ1) is 24.9. The van der Waals surface area contributed by atoms with E-state index in [1.807, 2.05) is 121 Å². The van der Waals surface area contributed by atoms with Gasteiger partial charge in [0.15, 0.2) is 17.6 Å². The topological polar surface area (TPSA) is 86.6 Å². The van der Waals surface area contributed by atoms with Gasteiger partial charge in [0.2, 0.25) is 0 Å². The van der Waals surface area contributed by atoms with Crippen LogP contribution in [0.2, 0.25) is 0 Å². The second-order valence-electron chi connectivity index (χ2n) is 12.0. The zero-order chi connectivity index (χ0) is 35.0. The van der Waals surface area contributed by atoms with Crippen LogP contribution in [0.3, 0.4) is 0 Å². The van der Waals surface area contributed by atoms with Crippen molar-refractivity contribution in [2.24, 2.45) is 0 Å². The maximum absolute atomic E-state index is 11.7. The van der Waals surface area contributed by atoms with Crippen LogP contribution in [-0.2, 0) is 26.4 Å². The Hall–Kier alpha value is -5.76. The first-order valence-corrected chi connectivity index (χ1v) is 16.5. The molecule has 0 bridgehead atoms. The summed E-state index contributed by atoms with van der Waals surface area (Å²) in [5.41, 5.74) is 4.31. The smallest absolute Gasteiger partial charge is 0.162 e. The second-order valence-corrected chi connectivity index (χ2v) is 12.0. The highest BCUT2D eigenvalue weighted by atomic mass is 16.5. The number of aliphatic hydroxyl groups excluding tert-OH is 1. The van der Waals surface area contributed by atoms with E-state index in [2.05, 4.69) is 0 Å². The Morgan fingerprint density at radius 2 is 0.960 bits per heavy atom. The Labute approximate surface area is 293 Å². The fraction of sp³-hybridized carbons (Fsp3) is 0.163. The lowest BCUT2D eigenvalue weighted by atomic mass is 9.91. The molecule has 0 saturated heterocycles. The van der Waals surface area contributed by atoms with E-state index >= 15 is 0 Å². The Bertz CT molecular complexity index is 2020. The second kappa shape index (κ2) is 15.6. The van der Waals surface area contributed by atoms with Crippen LogP contribution in [-0.4, -0.2) is 16.3 Å². The molecule has 0 spiro atoms. The van der Waals surface area contributed by atoms with Crippen LogP contribution < -0.4 is 23.7 Å². The van der Waals surface area contributed by atoms with Gasteiger partial charge in [-0.3, -0.25) is 0 Å². The first-order valence-electron chi connectivity index (χ1n) is 17.0. The number of ether oxygens (including phenoxy) is 5. The highest BCUT2D eigenvalue weighted by Gasteiger charge is 2.40. The quantitative estimate of drug-likeness (QED) is 0.128. The van der Waals surface area contributed by atoms with Gasteiger partial charge in [-0.15, -0.1) is 0 Å². The summed E-state index contributed by atoms with van der Waals surface area (Å²) >= 11 is 0. The van der Waals surface area contributed by atoms with Gasteiger partial charge in [0.05, 0.1) is 6.93 Å². The van der Waals surface area contributed by atoms with Crippen LogP contribution in [0, 0.1) is 0 Å². The highest BCUT2D eigenvalue weighted by Crippen LogP contribution is 2.48. The molecule has 1 heterocycles. The molecule has 1 aliphatic rings. The van der Waals surface area contributed by atoms with E-state index in [0.717, 1.165) is 22.3 Å². The molecular weight excluding hydrogens is 628 g/mol. The Morgan fingerprint density at radius 1 is 0.500 bits per heavy atom. The number of aliphatic hydroxyl groups is 2. The number of benzene rings is 6. The van der Waals surface area contributed by atoms with E-state index in [-0.39, 0.29) is 36.9 Å². The fourth-order valence-corrected chi connectivity index (χ4v) is 5.73. The molecule has 2 N–H and O–H groups in total. The Balaban J connectivity index is 1.21. The zero-order valence-corrected chi connectivity index (χ0v) is 27.4. The number of hydrogen-bond acceptors (Lipinski definition) is 7. The standard InChI is InChI=1S/C43H38O7/c44-41-40-38(49-29-33-19-11-4-12-20-33)24-35(46-26-30-13-5-1-6-14-30)25-39(40)50-43(42(41)45)34-21-22-36(47-27-31-15-7-2-8-16-31)37(23-34)48-28-32-17-9-3-10-18-32/h1-25,41-45H,26-29H2/t41-,42+,43-/m1/s1/i41D. The van der Waals surface area contributed by atoms with Crippen molar-refractivity contribution in [2.75, 3.05) is 0 Å². The van der Waals surface area contributed by atoms with Crippen molar-refractivity contribution in [1.29, 1.82) is 0 Å². The summed E-state index contributed by atoms with van der Waals surface area (Å²) in [6.07, 6.45) is -5.35. The molecule has 0 fully saturated rings. The van der Waals surface area contributed by atoms with Gasteiger partial charge in [0, 0.05) is 12.1 Å². The van der Waals surface area contributed by atoms with Crippen molar-refractivity contribution in [2.45, 2.75) is 44.7 Å². The van der Waals surface area contributed by atoms with Crippen molar-refractivity contribution in [3.8, 4) is 28.7 Å². The molecule has 6 aromatic carbocycles. The molecule has 7 nitrogen and oxygen atoms in total. The van der Waals surface area contributed by atoms with Gasteiger partial charge in [-0.05, 0) is 39.9 Å². The largest absolute Gasteiger partial charge is 0.489 e. The molecule has 0 aromatic heterocycles. The highest BCUT2D eigenvalue weighted by molar-refractivity contribution is 5.55. The van der Waals surface area contributed by atoms with Gasteiger partial charge in [-0.2, -0.15) is 0 Å². The van der Waals surface area contributed by atoms with Crippen molar-refractivity contribution < 1.29 is 35.3 Å². The summed E-state index contributed by atoms with van der Waals surface area (Å²) in [4.78, 5) is 0. The summed E-state index contributed by atoms with van der Waals surface area (Å²) in [6, 6.07) is 47.3. The third-order valence-corrected chi connectivity index (χ3v) is 8.37. The van der Waals surface area contributed by atoms with Crippen LogP contribution in [0.15, 0.2) is 152 Å². The minimum Gasteiger partial charge on any atom is -0.489 e. The van der Waals surface area contributed by atoms with Gasteiger partial charge < -0.3 is 33.9 Å². The van der Waals surface area contributed by atoms with E-state index in [1.54, 1.807) is 30.3 Å². The molecule has 0 aliphatic carbocycles. The lowest BCUT2D eigenvalue weighted by Gasteiger charge is -2.36. The molecule has 0 amide bonds. The van der Waals surface area contributed by atoms with Crippen LogP contribution >= 0.6 is 0 Å². The van der Waals surface area contributed by atoms with E-state index in [9.17, 15) is 10.2 Å². The summed E-state index contributed by atoms with van der Waals surface area (Å²) in [5.74, 6) is 1.68. The lowest BCUT2D eigenvalue weighted by molar-refractivity contribution is -0.0714. The van der Waals surface area contributed by atoms with Gasteiger partial charge >= 0.3 is 0 Å². The predicted octanol–water partition coefficient (Wildman–Crippen LogP) is 8.53. The molecule has 50 heavy (non-hydrogen) atoms. The van der Waals surface area contributed by atoms with Crippen LogP contribution in [0.25, 0.3) is 0 Å². The number of rotatable bonds is 13. The van der Waals surface area contributed by atoms with Crippen molar-refractivity contribution in [1.82, 2.24) is 0 Å². The SMILES string of the molecule is [2H][C@@]1(O)c2c(OCc3ccccc3)cc(OCc3ccccc3)cc2O[C@H](c2ccc(OCc3ccccc3)c(OCc3ccccc3)c2)[C@H]1O. The molecule has 7 heteroatoms. The maximum atomic E-state index is 11.7. The fourth-order valence-electron chi connectivity index (χ4n) is 5.73. The van der Waals surface area contributed by atoms with E-state index in [0.29, 0.717) is 29.4 Å². The average molecular weight is 668 g/mol. The molecule has 0 radical (unpaired) electrons. The van der Waals surface area contributed by atoms with Gasteiger partial charge in [0.1, 0.15) is 55.9 Å². The number of fused-ring (bicyclic) bond motifs is 1. The van der Waals surface area contributed by atoms with Gasteiger partial charge in [0.25, 0.3) is 0 Å². The van der Waals surface area contributed by atoms with E-state index in [4.69, 9.17) is 25.1 Å². The summed E-state index contributed by atoms with van der Waals surface area (Å²) < 4.78 is 40.4. The summed E-state index contributed by atoms with van der Waals surface area (Å²) in [5, 5.41) is 23.4. The minimum atomic E-state index is -2.50. The van der Waals surface area contributed by atoms with Crippen molar-refractivity contribution >= 4 is 0 Å². The first kappa shape index (κ1) is 31.5. The Kier molecular flexibility index (Phi) is 9.85. The van der Waals surface area contributed by atoms with Crippen molar-refractivity contribution in [3.63, 3.8) is 0 Å². The van der Waals surface area contributed by atoms with E-state index < -0.39 is 18.3 Å². The molecule has 7 rings (SSSR count). The summed E-state index contributed by atoms with van der Waals surface area (Å²) in [6.45, 7) is 1.04. The number of hydrogen-bond donors (Lipinski definition) is 2. The van der Waals surface area contributed by atoms with Crippen LogP contribution in [0.4, 0.5) is 0 Å². The Morgan fingerprint density at radius 3 is 1.48 bits per heavy atom. The maximum Gasteiger partial charge on any atom is 0.162 e. The van der Waals surface area contributed by atoms with Gasteiger partial charge in [-0.25, -0.2) is 0 Å². The molecule has 0 saturated carbocycles. The predicted molar refractivity (Wildman–Crippen MR) is 190 cm³/mol. The van der Waals surface area contributed by atoms with Crippen molar-refractivity contribution in [3.05, 3.63) is 185 Å². The van der Waals surface area contributed by atoms with Crippen LogP contribution in [0.1, 0.15) is 46.9 Å². The molecular formula is C43H38O7. The monoisotopic (exact) mass is 667 g/mol. The van der Waals surface area contributed by atoms with Gasteiger partial charge in [-0.1, -0.05) is 127 Å². The molecule has 6 aromatic rings. The summed E-state index contributed by atoms with van der Waals surface area (Å²) in [7, 11) is 0. The van der Waals surface area contributed by atoms with E-state index in [1.165, 1.54) is 0 Å². The normalized spacial score (nSPS) is 18.2.